The standard InChI is InChI=1S/C17H15F3N2O3/c1-25-12-6-4-5-11(9-12)21-15(23)10-16(24)22-14-8-3-2-7-13(14)17(18,19)20/h2-9H,10H2,1H3,(H,21,23)(H,22,24). The van der Waals surface area contributed by atoms with Gasteiger partial charge in [0.1, 0.15) is 12.2 Å². The van der Waals surface area contributed by atoms with Gasteiger partial charge in [0.15, 0.2) is 0 Å². The van der Waals surface area contributed by atoms with E-state index in [1.165, 1.54) is 19.2 Å². The zero-order valence-corrected chi connectivity index (χ0v) is 13.2. The van der Waals surface area contributed by atoms with Crippen molar-refractivity contribution in [3.63, 3.8) is 0 Å². The molecular weight excluding hydrogens is 337 g/mol. The molecule has 0 aliphatic rings. The van der Waals surface area contributed by atoms with Crippen LogP contribution in [-0.2, 0) is 15.8 Å². The first-order chi connectivity index (χ1) is 11.8. The predicted octanol–water partition coefficient (Wildman–Crippen LogP) is 3.68. The summed E-state index contributed by atoms with van der Waals surface area (Å²) < 4.78 is 43.6. The third-order valence-electron chi connectivity index (χ3n) is 3.18. The lowest BCUT2D eigenvalue weighted by atomic mass is 10.1. The van der Waals surface area contributed by atoms with Gasteiger partial charge in [0.2, 0.25) is 11.8 Å². The van der Waals surface area contributed by atoms with Crippen molar-refractivity contribution in [3.05, 3.63) is 54.1 Å². The predicted molar refractivity (Wildman–Crippen MR) is 86.3 cm³/mol. The molecule has 0 saturated carbocycles. The van der Waals surface area contributed by atoms with Crippen molar-refractivity contribution in [1.82, 2.24) is 0 Å². The molecule has 0 fully saturated rings. The summed E-state index contributed by atoms with van der Waals surface area (Å²) >= 11 is 0. The Kier molecular flexibility index (Phi) is 5.63. The summed E-state index contributed by atoms with van der Waals surface area (Å²) in [6, 6.07) is 11.0. The zero-order chi connectivity index (χ0) is 18.4. The van der Waals surface area contributed by atoms with Crippen molar-refractivity contribution in [3.8, 4) is 5.75 Å². The number of halogens is 3. The number of carbonyl (C=O) groups excluding carboxylic acids is 2. The molecule has 0 atom stereocenters. The molecule has 0 bridgehead atoms. The number of hydrogen-bond donors (Lipinski definition) is 2. The smallest absolute Gasteiger partial charge is 0.418 e. The molecule has 2 aromatic rings. The fourth-order valence-corrected chi connectivity index (χ4v) is 2.09. The van der Waals surface area contributed by atoms with Crippen molar-refractivity contribution < 1.29 is 27.5 Å². The summed E-state index contributed by atoms with van der Waals surface area (Å²) in [6.07, 6.45) is -5.23. The minimum Gasteiger partial charge on any atom is -0.497 e. The fraction of sp³-hybridized carbons (Fsp3) is 0.176. The van der Waals surface area contributed by atoms with Crippen molar-refractivity contribution in [1.29, 1.82) is 0 Å². The Morgan fingerprint density at radius 3 is 2.36 bits per heavy atom. The first kappa shape index (κ1) is 18.3. The average molecular weight is 352 g/mol. The van der Waals surface area contributed by atoms with Gasteiger partial charge in [0.05, 0.1) is 18.4 Å². The molecule has 25 heavy (non-hydrogen) atoms. The number of anilines is 2. The summed E-state index contributed by atoms with van der Waals surface area (Å²) in [5.41, 5.74) is -0.960. The minimum absolute atomic E-state index is 0.394. The Morgan fingerprint density at radius 1 is 1.00 bits per heavy atom. The number of rotatable bonds is 5. The highest BCUT2D eigenvalue weighted by Crippen LogP contribution is 2.34. The highest BCUT2D eigenvalue weighted by molar-refractivity contribution is 6.08. The van der Waals surface area contributed by atoms with Crippen LogP contribution in [0, 0.1) is 0 Å². The Morgan fingerprint density at radius 2 is 1.68 bits per heavy atom. The molecule has 8 heteroatoms. The molecule has 0 unspecified atom stereocenters. The van der Waals surface area contributed by atoms with E-state index in [9.17, 15) is 22.8 Å². The molecule has 0 saturated heterocycles. The molecule has 5 nitrogen and oxygen atoms in total. The fourth-order valence-electron chi connectivity index (χ4n) is 2.09. The van der Waals surface area contributed by atoms with Crippen molar-refractivity contribution in [2.75, 3.05) is 17.7 Å². The summed E-state index contributed by atoms with van der Waals surface area (Å²) in [4.78, 5) is 23.7. The Hall–Kier alpha value is -3.03. The summed E-state index contributed by atoms with van der Waals surface area (Å²) in [7, 11) is 1.46. The van der Waals surface area contributed by atoms with Crippen molar-refractivity contribution >= 4 is 23.2 Å². The van der Waals surface area contributed by atoms with Crippen LogP contribution in [0.2, 0.25) is 0 Å². The van der Waals surface area contributed by atoms with Crippen LogP contribution in [0.15, 0.2) is 48.5 Å². The van der Waals surface area contributed by atoms with Gasteiger partial charge in [-0.3, -0.25) is 9.59 Å². The lowest BCUT2D eigenvalue weighted by molar-refractivity contribution is -0.137. The lowest BCUT2D eigenvalue weighted by Gasteiger charge is -2.13. The van der Waals surface area contributed by atoms with Crippen LogP contribution in [-0.4, -0.2) is 18.9 Å². The second kappa shape index (κ2) is 7.69. The largest absolute Gasteiger partial charge is 0.497 e. The third kappa shape index (κ3) is 5.23. The zero-order valence-electron chi connectivity index (χ0n) is 13.2. The molecule has 2 N–H and O–H groups in total. The van der Waals surface area contributed by atoms with Gasteiger partial charge < -0.3 is 15.4 Å². The first-order valence-corrected chi connectivity index (χ1v) is 7.19. The maximum atomic E-state index is 12.9. The molecule has 2 rings (SSSR count). The van der Waals surface area contributed by atoms with E-state index in [1.54, 1.807) is 24.3 Å². The summed E-state index contributed by atoms with van der Waals surface area (Å²) in [6.45, 7) is 0. The molecule has 2 amide bonds. The topological polar surface area (TPSA) is 67.4 Å². The molecule has 0 heterocycles. The number of hydrogen-bond acceptors (Lipinski definition) is 3. The molecule has 0 aliphatic heterocycles. The molecular formula is C17H15F3N2O3. The van der Waals surface area contributed by atoms with Crippen LogP contribution < -0.4 is 15.4 Å². The molecule has 2 aromatic carbocycles. The number of nitrogens with one attached hydrogen (secondary N) is 2. The Labute approximate surface area is 141 Å². The van der Waals surface area contributed by atoms with E-state index in [0.29, 0.717) is 11.4 Å². The molecule has 0 aromatic heterocycles. The van der Waals surface area contributed by atoms with Crippen LogP contribution >= 0.6 is 0 Å². The van der Waals surface area contributed by atoms with Gasteiger partial charge in [-0.2, -0.15) is 13.2 Å². The Bertz CT molecular complexity index is 776. The average Bonchev–Trinajstić information content (AvgIpc) is 2.54. The second-order valence-corrected chi connectivity index (χ2v) is 5.05. The van der Waals surface area contributed by atoms with E-state index >= 15 is 0 Å². The van der Waals surface area contributed by atoms with Crippen LogP contribution in [0.5, 0.6) is 5.75 Å². The number of methoxy groups -OCH3 is 1. The van der Waals surface area contributed by atoms with E-state index < -0.39 is 35.7 Å². The van der Waals surface area contributed by atoms with E-state index in [2.05, 4.69) is 10.6 Å². The molecule has 0 radical (unpaired) electrons. The van der Waals surface area contributed by atoms with Gasteiger partial charge in [0.25, 0.3) is 0 Å². The first-order valence-electron chi connectivity index (χ1n) is 7.19. The highest BCUT2D eigenvalue weighted by atomic mass is 19.4. The number of benzene rings is 2. The van der Waals surface area contributed by atoms with Crippen LogP contribution in [0.1, 0.15) is 12.0 Å². The van der Waals surface area contributed by atoms with Gasteiger partial charge in [0, 0.05) is 11.8 Å². The van der Waals surface area contributed by atoms with Crippen molar-refractivity contribution in [2.24, 2.45) is 0 Å². The minimum atomic E-state index is -4.60. The van der Waals surface area contributed by atoms with Crippen LogP contribution in [0.3, 0.4) is 0 Å². The van der Waals surface area contributed by atoms with E-state index in [1.807, 2.05) is 0 Å². The molecule has 0 aliphatic carbocycles. The van der Waals surface area contributed by atoms with Crippen LogP contribution in [0.25, 0.3) is 0 Å². The summed E-state index contributed by atoms with van der Waals surface area (Å²) in [5, 5.41) is 4.59. The number of amides is 2. The van der Waals surface area contributed by atoms with E-state index in [-0.39, 0.29) is 0 Å². The van der Waals surface area contributed by atoms with Gasteiger partial charge in [-0.15, -0.1) is 0 Å². The van der Waals surface area contributed by atoms with Crippen LogP contribution in [0.4, 0.5) is 24.5 Å². The third-order valence-corrected chi connectivity index (χ3v) is 3.18. The maximum absolute atomic E-state index is 12.9. The second-order valence-electron chi connectivity index (χ2n) is 5.05. The van der Waals surface area contributed by atoms with Gasteiger partial charge in [-0.25, -0.2) is 0 Å². The summed E-state index contributed by atoms with van der Waals surface area (Å²) in [5.74, 6) is -0.992. The van der Waals surface area contributed by atoms with Gasteiger partial charge in [-0.05, 0) is 24.3 Å². The SMILES string of the molecule is COc1cccc(NC(=O)CC(=O)Nc2ccccc2C(F)(F)F)c1. The van der Waals surface area contributed by atoms with Gasteiger partial charge >= 0.3 is 6.18 Å². The lowest BCUT2D eigenvalue weighted by Crippen LogP contribution is -2.22. The Balaban J connectivity index is 2.00. The highest BCUT2D eigenvalue weighted by Gasteiger charge is 2.33. The van der Waals surface area contributed by atoms with Gasteiger partial charge in [-0.1, -0.05) is 18.2 Å². The normalized spacial score (nSPS) is 10.9. The molecule has 132 valence electrons. The molecule has 0 spiro atoms. The number of carbonyl (C=O) groups is 2. The van der Waals surface area contributed by atoms with Crippen molar-refractivity contribution in [2.45, 2.75) is 12.6 Å². The maximum Gasteiger partial charge on any atom is 0.418 e. The quantitative estimate of drug-likeness (QED) is 0.807. The number of para-hydroxylation sites is 1. The number of ether oxygens (including phenoxy) is 1. The monoisotopic (exact) mass is 352 g/mol. The number of alkyl halides is 3. The van der Waals surface area contributed by atoms with E-state index in [0.717, 1.165) is 12.1 Å². The van der Waals surface area contributed by atoms with E-state index in [4.69, 9.17) is 4.74 Å².